The fourth-order valence-electron chi connectivity index (χ4n) is 2.17. The average molecular weight is 249 g/mol. The molecule has 1 heterocycles. The van der Waals surface area contributed by atoms with E-state index >= 15 is 0 Å². The van der Waals surface area contributed by atoms with E-state index in [2.05, 4.69) is 23.2 Å². The number of nitrogens with zero attached hydrogens (tertiary/aromatic N) is 1. The maximum Gasteiger partial charge on any atom is 0.144 e. The molecule has 1 aliphatic heterocycles. The Balaban J connectivity index is 1.88. The number of hydrogen-bond acceptors (Lipinski definition) is 4. The van der Waals surface area contributed by atoms with E-state index in [9.17, 15) is 0 Å². The average Bonchev–Trinajstić information content (AvgIpc) is 2.38. The lowest BCUT2D eigenvalue weighted by Gasteiger charge is -2.31. The van der Waals surface area contributed by atoms with Crippen LogP contribution in [0.5, 0.6) is 5.75 Å². The molecule has 0 saturated heterocycles. The first-order chi connectivity index (χ1) is 8.81. The molecule has 1 aromatic carbocycles. The van der Waals surface area contributed by atoms with Crippen LogP contribution in [-0.4, -0.2) is 32.8 Å². The van der Waals surface area contributed by atoms with Gasteiger partial charge in [-0.25, -0.2) is 0 Å². The van der Waals surface area contributed by atoms with Crippen LogP contribution < -0.4 is 20.7 Å². The van der Waals surface area contributed by atoms with E-state index in [0.717, 1.165) is 49.9 Å². The standard InChI is InChI=1S/C14H23N3O/c1-2-3-6-16-7-8-17-9-10-18-14-11-12(15)4-5-13(14)17/h4-5,11,16H,2-3,6-10,15H2,1H3. The van der Waals surface area contributed by atoms with E-state index in [1.165, 1.54) is 12.8 Å². The third kappa shape index (κ3) is 3.29. The Kier molecular flexibility index (Phi) is 4.70. The summed E-state index contributed by atoms with van der Waals surface area (Å²) in [5.74, 6) is 0.912. The summed E-state index contributed by atoms with van der Waals surface area (Å²) in [5.41, 5.74) is 7.69. The summed E-state index contributed by atoms with van der Waals surface area (Å²) in [7, 11) is 0. The van der Waals surface area contributed by atoms with Crippen molar-refractivity contribution in [1.29, 1.82) is 0 Å². The van der Waals surface area contributed by atoms with Gasteiger partial charge in [0.25, 0.3) is 0 Å². The van der Waals surface area contributed by atoms with E-state index in [1.54, 1.807) is 0 Å². The van der Waals surface area contributed by atoms with Gasteiger partial charge < -0.3 is 20.7 Å². The summed E-state index contributed by atoms with van der Waals surface area (Å²) >= 11 is 0. The van der Waals surface area contributed by atoms with Crippen molar-refractivity contribution >= 4 is 11.4 Å². The van der Waals surface area contributed by atoms with Crippen LogP contribution in [0.25, 0.3) is 0 Å². The van der Waals surface area contributed by atoms with Crippen LogP contribution in [0, 0.1) is 0 Å². The highest BCUT2D eigenvalue weighted by atomic mass is 16.5. The Hall–Kier alpha value is -1.42. The number of unbranched alkanes of at least 4 members (excludes halogenated alkanes) is 1. The minimum absolute atomic E-state index is 0.741. The number of ether oxygens (including phenoxy) is 1. The molecule has 0 amide bonds. The van der Waals surface area contributed by atoms with Crippen LogP contribution in [0.15, 0.2) is 18.2 Å². The van der Waals surface area contributed by atoms with Gasteiger partial charge in [-0.15, -0.1) is 0 Å². The first-order valence-electron chi connectivity index (χ1n) is 6.79. The molecule has 0 spiro atoms. The monoisotopic (exact) mass is 249 g/mol. The molecular formula is C14H23N3O. The molecule has 0 radical (unpaired) electrons. The Bertz CT molecular complexity index is 381. The number of nitrogens with two attached hydrogens (primary N) is 1. The molecule has 1 aliphatic rings. The van der Waals surface area contributed by atoms with Gasteiger partial charge in [0, 0.05) is 24.8 Å². The molecule has 3 N–H and O–H groups in total. The molecule has 4 nitrogen and oxygen atoms in total. The van der Waals surface area contributed by atoms with Gasteiger partial charge in [0.1, 0.15) is 12.4 Å². The Morgan fingerprint density at radius 3 is 3.11 bits per heavy atom. The van der Waals surface area contributed by atoms with Crippen molar-refractivity contribution in [3.63, 3.8) is 0 Å². The summed E-state index contributed by atoms with van der Waals surface area (Å²) < 4.78 is 5.64. The molecule has 0 atom stereocenters. The largest absolute Gasteiger partial charge is 0.489 e. The third-order valence-corrected chi connectivity index (χ3v) is 3.21. The molecule has 4 heteroatoms. The molecule has 1 aromatic rings. The minimum Gasteiger partial charge on any atom is -0.489 e. The fourth-order valence-corrected chi connectivity index (χ4v) is 2.17. The summed E-state index contributed by atoms with van der Waals surface area (Å²) in [4.78, 5) is 2.36. The van der Waals surface area contributed by atoms with Gasteiger partial charge in [-0.2, -0.15) is 0 Å². The molecule has 0 aromatic heterocycles. The zero-order valence-corrected chi connectivity index (χ0v) is 11.1. The Morgan fingerprint density at radius 1 is 1.39 bits per heavy atom. The first-order valence-corrected chi connectivity index (χ1v) is 6.79. The first kappa shape index (κ1) is 13.0. The lowest BCUT2D eigenvalue weighted by molar-refractivity contribution is 0.307. The predicted molar refractivity (Wildman–Crippen MR) is 76.3 cm³/mol. The zero-order chi connectivity index (χ0) is 12.8. The summed E-state index contributed by atoms with van der Waals surface area (Å²) in [5, 5.41) is 3.47. The fraction of sp³-hybridized carbons (Fsp3) is 0.571. The van der Waals surface area contributed by atoms with Crippen molar-refractivity contribution in [2.45, 2.75) is 19.8 Å². The number of fused-ring (bicyclic) bond motifs is 1. The Morgan fingerprint density at radius 2 is 2.28 bits per heavy atom. The van der Waals surface area contributed by atoms with Crippen LogP contribution in [0.2, 0.25) is 0 Å². The summed E-state index contributed by atoms with van der Waals surface area (Å²) in [6.45, 7) is 7.05. The molecule has 0 aliphatic carbocycles. The lowest BCUT2D eigenvalue weighted by Crippen LogP contribution is -2.38. The summed E-state index contributed by atoms with van der Waals surface area (Å²) in [6, 6.07) is 5.90. The number of rotatable bonds is 6. The normalized spacial score (nSPS) is 14.2. The van der Waals surface area contributed by atoms with Crippen LogP contribution in [0.4, 0.5) is 11.4 Å². The number of hydrogen-bond donors (Lipinski definition) is 2. The van der Waals surface area contributed by atoms with Crippen molar-refractivity contribution in [2.24, 2.45) is 0 Å². The van der Waals surface area contributed by atoms with Gasteiger partial charge in [-0.1, -0.05) is 13.3 Å². The van der Waals surface area contributed by atoms with Gasteiger partial charge >= 0.3 is 0 Å². The van der Waals surface area contributed by atoms with Crippen molar-refractivity contribution < 1.29 is 4.74 Å². The third-order valence-electron chi connectivity index (χ3n) is 3.21. The topological polar surface area (TPSA) is 50.5 Å². The molecule has 2 rings (SSSR count). The maximum absolute atomic E-state index is 5.77. The Labute approximate surface area is 109 Å². The highest BCUT2D eigenvalue weighted by molar-refractivity contribution is 5.65. The second-order valence-electron chi connectivity index (χ2n) is 4.67. The second kappa shape index (κ2) is 6.50. The minimum atomic E-state index is 0.741. The number of nitrogens with one attached hydrogen (secondary N) is 1. The molecule has 0 bridgehead atoms. The molecule has 18 heavy (non-hydrogen) atoms. The summed E-state index contributed by atoms with van der Waals surface area (Å²) in [6.07, 6.45) is 2.49. The second-order valence-corrected chi connectivity index (χ2v) is 4.67. The van der Waals surface area contributed by atoms with Gasteiger partial charge in [0.15, 0.2) is 0 Å². The smallest absolute Gasteiger partial charge is 0.144 e. The number of benzene rings is 1. The zero-order valence-electron chi connectivity index (χ0n) is 11.1. The van der Waals surface area contributed by atoms with E-state index in [1.807, 2.05) is 12.1 Å². The van der Waals surface area contributed by atoms with Crippen molar-refractivity contribution in [2.75, 3.05) is 43.4 Å². The van der Waals surface area contributed by atoms with E-state index < -0.39 is 0 Å². The van der Waals surface area contributed by atoms with E-state index in [0.29, 0.717) is 0 Å². The van der Waals surface area contributed by atoms with Crippen LogP contribution in [0.3, 0.4) is 0 Å². The molecule has 100 valence electrons. The van der Waals surface area contributed by atoms with Crippen LogP contribution >= 0.6 is 0 Å². The van der Waals surface area contributed by atoms with Gasteiger partial charge in [0.05, 0.1) is 12.2 Å². The molecular weight excluding hydrogens is 226 g/mol. The van der Waals surface area contributed by atoms with Crippen LogP contribution in [-0.2, 0) is 0 Å². The van der Waals surface area contributed by atoms with Gasteiger partial charge in [-0.05, 0) is 25.1 Å². The molecule has 0 fully saturated rings. The highest BCUT2D eigenvalue weighted by Crippen LogP contribution is 2.32. The molecule has 0 saturated carbocycles. The lowest BCUT2D eigenvalue weighted by atomic mass is 10.2. The van der Waals surface area contributed by atoms with Crippen molar-refractivity contribution in [3.8, 4) is 5.75 Å². The number of anilines is 2. The van der Waals surface area contributed by atoms with Crippen molar-refractivity contribution in [1.82, 2.24) is 5.32 Å². The van der Waals surface area contributed by atoms with Crippen molar-refractivity contribution in [3.05, 3.63) is 18.2 Å². The predicted octanol–water partition coefficient (Wildman–Crippen LogP) is 1.86. The van der Waals surface area contributed by atoms with E-state index in [4.69, 9.17) is 10.5 Å². The van der Waals surface area contributed by atoms with Gasteiger partial charge in [-0.3, -0.25) is 0 Å². The maximum atomic E-state index is 5.77. The SMILES string of the molecule is CCCCNCCN1CCOc2cc(N)ccc21. The van der Waals surface area contributed by atoms with Gasteiger partial charge in [0.2, 0.25) is 0 Å². The molecule has 0 unspecified atom stereocenters. The van der Waals surface area contributed by atoms with E-state index in [-0.39, 0.29) is 0 Å². The highest BCUT2D eigenvalue weighted by Gasteiger charge is 2.17. The quantitative estimate of drug-likeness (QED) is 0.597. The number of nitrogen functional groups attached to an aromatic ring is 1. The van der Waals surface area contributed by atoms with Crippen LogP contribution in [0.1, 0.15) is 19.8 Å².